The van der Waals surface area contributed by atoms with Gasteiger partial charge >= 0.3 is 0 Å². The Hall–Kier alpha value is -1.01. The zero-order chi connectivity index (χ0) is 14.9. The van der Waals surface area contributed by atoms with Gasteiger partial charge < -0.3 is 5.32 Å². The van der Waals surface area contributed by atoms with Gasteiger partial charge in [-0.1, -0.05) is 13.8 Å². The second-order valence-electron chi connectivity index (χ2n) is 4.80. The summed E-state index contributed by atoms with van der Waals surface area (Å²) in [5.41, 5.74) is 1.62. The Morgan fingerprint density at radius 2 is 1.85 bits per heavy atom. The number of rotatable bonds is 3. The maximum absolute atomic E-state index is 13.6. The van der Waals surface area contributed by atoms with Crippen LogP contribution >= 0.6 is 31.9 Å². The molecule has 0 aliphatic rings. The van der Waals surface area contributed by atoms with E-state index in [0.29, 0.717) is 20.6 Å². The summed E-state index contributed by atoms with van der Waals surface area (Å²) in [5, 5.41) is 3.13. The second kappa shape index (κ2) is 6.18. The molecule has 0 aliphatic heterocycles. The monoisotopic (exact) mass is 401 g/mol. The molecule has 6 heteroatoms. The van der Waals surface area contributed by atoms with Crippen molar-refractivity contribution in [3.63, 3.8) is 0 Å². The van der Waals surface area contributed by atoms with Crippen molar-refractivity contribution in [2.24, 2.45) is 0 Å². The lowest BCUT2D eigenvalue weighted by Crippen LogP contribution is -2.03. The fourth-order valence-corrected chi connectivity index (χ4v) is 2.53. The highest BCUT2D eigenvalue weighted by Crippen LogP contribution is 2.27. The third-order valence-electron chi connectivity index (χ3n) is 2.76. The molecule has 3 nitrogen and oxygen atoms in total. The van der Waals surface area contributed by atoms with Gasteiger partial charge in [-0.3, -0.25) is 0 Å². The first-order chi connectivity index (χ1) is 9.36. The molecule has 0 bridgehead atoms. The van der Waals surface area contributed by atoms with Gasteiger partial charge in [-0.05, 0) is 56.5 Å². The van der Waals surface area contributed by atoms with E-state index in [9.17, 15) is 4.39 Å². The lowest BCUT2D eigenvalue weighted by Gasteiger charge is -2.12. The van der Waals surface area contributed by atoms with Gasteiger partial charge in [0.2, 0.25) is 0 Å². The van der Waals surface area contributed by atoms with Crippen LogP contribution in [0.1, 0.15) is 31.2 Å². The first kappa shape index (κ1) is 15.4. The van der Waals surface area contributed by atoms with E-state index in [-0.39, 0.29) is 11.7 Å². The molecule has 1 heterocycles. The number of aryl methyl sites for hydroxylation is 1. The number of aromatic nitrogens is 2. The molecule has 0 spiro atoms. The SMILES string of the molecule is Cc1cc(Br)c(F)cc1Nc1cc(Br)nc(C(C)C)n1. The Labute approximate surface area is 134 Å². The summed E-state index contributed by atoms with van der Waals surface area (Å²) in [4.78, 5) is 8.75. The van der Waals surface area contributed by atoms with Crippen LogP contribution in [-0.4, -0.2) is 9.97 Å². The molecule has 0 unspecified atom stereocenters. The largest absolute Gasteiger partial charge is 0.340 e. The number of benzene rings is 1. The van der Waals surface area contributed by atoms with Crippen molar-refractivity contribution in [1.29, 1.82) is 0 Å². The van der Waals surface area contributed by atoms with Crippen molar-refractivity contribution in [2.45, 2.75) is 26.7 Å². The summed E-state index contributed by atoms with van der Waals surface area (Å²) in [6.07, 6.45) is 0. The van der Waals surface area contributed by atoms with Crippen molar-refractivity contribution >= 4 is 43.4 Å². The first-order valence-electron chi connectivity index (χ1n) is 6.14. The van der Waals surface area contributed by atoms with E-state index in [1.54, 1.807) is 12.1 Å². The van der Waals surface area contributed by atoms with Gasteiger partial charge in [0.15, 0.2) is 0 Å². The zero-order valence-corrected chi connectivity index (χ0v) is 14.5. The van der Waals surface area contributed by atoms with E-state index >= 15 is 0 Å². The Kier molecular flexibility index (Phi) is 4.75. The van der Waals surface area contributed by atoms with E-state index in [4.69, 9.17) is 0 Å². The predicted octanol–water partition coefficient (Wildman–Crippen LogP) is 5.32. The lowest BCUT2D eigenvalue weighted by atomic mass is 10.2. The minimum Gasteiger partial charge on any atom is -0.340 e. The molecule has 2 aromatic rings. The summed E-state index contributed by atoms with van der Waals surface area (Å²) in [7, 11) is 0. The maximum atomic E-state index is 13.6. The van der Waals surface area contributed by atoms with Crippen LogP contribution in [0, 0.1) is 12.7 Å². The number of hydrogen-bond acceptors (Lipinski definition) is 3. The number of anilines is 2. The summed E-state index contributed by atoms with van der Waals surface area (Å²) < 4.78 is 14.8. The predicted molar refractivity (Wildman–Crippen MR) is 85.9 cm³/mol. The Morgan fingerprint density at radius 1 is 1.15 bits per heavy atom. The van der Waals surface area contributed by atoms with Crippen molar-refractivity contribution in [1.82, 2.24) is 9.97 Å². The van der Waals surface area contributed by atoms with Crippen LogP contribution in [0.4, 0.5) is 15.9 Å². The van der Waals surface area contributed by atoms with Gasteiger partial charge in [0.1, 0.15) is 22.1 Å². The van der Waals surface area contributed by atoms with Crippen molar-refractivity contribution in [3.8, 4) is 0 Å². The van der Waals surface area contributed by atoms with E-state index < -0.39 is 0 Å². The van der Waals surface area contributed by atoms with Gasteiger partial charge in [0, 0.05) is 17.7 Å². The molecule has 0 atom stereocenters. The van der Waals surface area contributed by atoms with Crippen LogP contribution in [0.25, 0.3) is 0 Å². The Bertz CT molecular complexity index is 645. The maximum Gasteiger partial charge on any atom is 0.139 e. The van der Waals surface area contributed by atoms with Crippen molar-refractivity contribution < 1.29 is 4.39 Å². The van der Waals surface area contributed by atoms with E-state index in [0.717, 1.165) is 11.4 Å². The normalized spacial score (nSPS) is 10.9. The minimum atomic E-state index is -0.310. The Morgan fingerprint density at radius 3 is 2.50 bits per heavy atom. The van der Waals surface area contributed by atoms with Crippen molar-refractivity contribution in [2.75, 3.05) is 5.32 Å². The van der Waals surface area contributed by atoms with Crippen molar-refractivity contribution in [3.05, 3.63) is 44.5 Å². The summed E-state index contributed by atoms with van der Waals surface area (Å²) in [6, 6.07) is 4.95. The summed E-state index contributed by atoms with van der Waals surface area (Å²) in [6.45, 7) is 5.96. The molecule has 0 fully saturated rings. The molecule has 1 aromatic heterocycles. The van der Waals surface area contributed by atoms with Gasteiger partial charge in [-0.15, -0.1) is 0 Å². The fourth-order valence-electron chi connectivity index (χ4n) is 1.68. The highest BCUT2D eigenvalue weighted by molar-refractivity contribution is 9.10. The quantitative estimate of drug-likeness (QED) is 0.706. The van der Waals surface area contributed by atoms with Gasteiger partial charge in [0.25, 0.3) is 0 Å². The average Bonchev–Trinajstić information content (AvgIpc) is 2.35. The highest BCUT2D eigenvalue weighted by Gasteiger charge is 2.10. The molecular formula is C14H14Br2FN3. The van der Waals surface area contributed by atoms with Crippen LogP contribution in [-0.2, 0) is 0 Å². The molecule has 0 radical (unpaired) electrons. The Balaban J connectivity index is 2.37. The topological polar surface area (TPSA) is 37.8 Å². The molecule has 0 aliphatic carbocycles. The van der Waals surface area contributed by atoms with E-state index in [1.807, 2.05) is 20.8 Å². The average molecular weight is 403 g/mol. The number of hydrogen-bond donors (Lipinski definition) is 1. The standard InChI is InChI=1S/C14H14Br2FN3/c1-7(2)14-19-12(16)6-13(20-14)18-11-5-10(17)9(15)4-8(11)3/h4-7H,1-3H3,(H,18,19,20). The van der Waals surface area contributed by atoms with Crippen LogP contribution in [0.15, 0.2) is 27.3 Å². The van der Waals surface area contributed by atoms with Crippen LogP contribution in [0.5, 0.6) is 0 Å². The molecule has 20 heavy (non-hydrogen) atoms. The summed E-state index contributed by atoms with van der Waals surface area (Å²) in [5.74, 6) is 1.28. The van der Waals surface area contributed by atoms with Crippen LogP contribution in [0.2, 0.25) is 0 Å². The number of nitrogens with one attached hydrogen (secondary N) is 1. The summed E-state index contributed by atoms with van der Waals surface area (Å²) >= 11 is 6.54. The van der Waals surface area contributed by atoms with Gasteiger partial charge in [-0.25, -0.2) is 14.4 Å². The third kappa shape index (κ3) is 3.55. The molecule has 0 saturated heterocycles. The second-order valence-corrected chi connectivity index (χ2v) is 6.46. The molecule has 0 saturated carbocycles. The number of halogens is 3. The third-order valence-corrected chi connectivity index (χ3v) is 3.77. The molecule has 106 valence electrons. The van der Waals surface area contributed by atoms with Gasteiger partial charge in [-0.2, -0.15) is 0 Å². The van der Waals surface area contributed by atoms with E-state index in [1.165, 1.54) is 6.07 Å². The molecule has 1 aromatic carbocycles. The highest BCUT2D eigenvalue weighted by atomic mass is 79.9. The van der Waals surface area contributed by atoms with Gasteiger partial charge in [0.05, 0.1) is 4.47 Å². The molecule has 2 rings (SSSR count). The van der Waals surface area contributed by atoms with Crippen LogP contribution < -0.4 is 5.32 Å². The lowest BCUT2D eigenvalue weighted by molar-refractivity contribution is 0.621. The molecular weight excluding hydrogens is 389 g/mol. The smallest absolute Gasteiger partial charge is 0.139 e. The van der Waals surface area contributed by atoms with Crippen LogP contribution in [0.3, 0.4) is 0 Å². The zero-order valence-electron chi connectivity index (χ0n) is 11.3. The fraction of sp³-hybridized carbons (Fsp3) is 0.286. The molecule has 1 N–H and O–H groups in total. The number of nitrogens with zero attached hydrogens (tertiary/aromatic N) is 2. The first-order valence-corrected chi connectivity index (χ1v) is 7.72. The van der Waals surface area contributed by atoms with E-state index in [2.05, 4.69) is 47.1 Å². The minimum absolute atomic E-state index is 0.218. The molecule has 0 amide bonds.